The summed E-state index contributed by atoms with van der Waals surface area (Å²) in [4.78, 5) is 0.371. The standard InChI is InChI=1S/C7H8N2O2S/c12-7-9-8-6(11-7)5-3-1-10-2-4(3)5/h3-5H,1-2H2,(H,9,12). The molecule has 2 fully saturated rings. The Morgan fingerprint density at radius 1 is 1.42 bits per heavy atom. The number of ether oxygens (including phenoxy) is 1. The van der Waals surface area contributed by atoms with E-state index in [2.05, 4.69) is 10.2 Å². The molecular formula is C7H8N2O2S. The smallest absolute Gasteiger partial charge is 0.284 e. The van der Waals surface area contributed by atoms with Crippen molar-refractivity contribution in [1.29, 1.82) is 0 Å². The van der Waals surface area contributed by atoms with E-state index >= 15 is 0 Å². The Hall–Kier alpha value is -0.680. The number of rotatable bonds is 1. The van der Waals surface area contributed by atoms with Crippen LogP contribution in [0.2, 0.25) is 0 Å². The normalized spacial score (nSPS) is 38.2. The summed E-state index contributed by atoms with van der Waals surface area (Å²) < 4.78 is 10.5. The van der Waals surface area contributed by atoms with Crippen LogP contribution in [0.3, 0.4) is 0 Å². The van der Waals surface area contributed by atoms with Crippen LogP contribution in [-0.4, -0.2) is 23.4 Å². The first-order valence-electron chi connectivity index (χ1n) is 3.99. The van der Waals surface area contributed by atoms with Gasteiger partial charge in [-0.15, -0.1) is 5.10 Å². The van der Waals surface area contributed by atoms with Crippen molar-refractivity contribution in [3.8, 4) is 0 Å². The van der Waals surface area contributed by atoms with E-state index in [0.717, 1.165) is 19.1 Å². The van der Waals surface area contributed by atoms with E-state index in [1.54, 1.807) is 0 Å². The fourth-order valence-corrected chi connectivity index (χ4v) is 2.12. The van der Waals surface area contributed by atoms with Gasteiger partial charge in [0, 0.05) is 5.92 Å². The van der Waals surface area contributed by atoms with E-state index in [1.165, 1.54) is 0 Å². The summed E-state index contributed by atoms with van der Waals surface area (Å²) in [6.45, 7) is 1.70. The van der Waals surface area contributed by atoms with E-state index in [-0.39, 0.29) is 0 Å². The van der Waals surface area contributed by atoms with Crippen molar-refractivity contribution >= 4 is 12.2 Å². The van der Waals surface area contributed by atoms with Gasteiger partial charge in [-0.05, 0) is 24.1 Å². The molecule has 0 spiro atoms. The third kappa shape index (κ3) is 0.804. The molecule has 1 aromatic rings. The zero-order valence-corrected chi connectivity index (χ0v) is 7.13. The number of hydrogen-bond donors (Lipinski definition) is 1. The van der Waals surface area contributed by atoms with E-state index in [0.29, 0.717) is 22.6 Å². The lowest BCUT2D eigenvalue weighted by Crippen LogP contribution is -1.97. The molecule has 0 bridgehead atoms. The molecule has 1 saturated carbocycles. The van der Waals surface area contributed by atoms with Gasteiger partial charge in [0.15, 0.2) is 0 Å². The molecule has 3 rings (SSSR count). The van der Waals surface area contributed by atoms with Crippen LogP contribution in [0.25, 0.3) is 0 Å². The molecule has 0 radical (unpaired) electrons. The SMILES string of the molecule is S=c1[nH]nc(C2C3COCC32)o1. The van der Waals surface area contributed by atoms with E-state index in [4.69, 9.17) is 21.4 Å². The lowest BCUT2D eigenvalue weighted by molar-refractivity contribution is 0.156. The molecular weight excluding hydrogens is 176 g/mol. The van der Waals surface area contributed by atoms with Crippen molar-refractivity contribution in [2.45, 2.75) is 5.92 Å². The molecule has 1 saturated heterocycles. The second-order valence-corrected chi connectivity index (χ2v) is 3.71. The molecule has 2 atom stereocenters. The summed E-state index contributed by atoms with van der Waals surface area (Å²) in [5.74, 6) is 2.49. The van der Waals surface area contributed by atoms with Crippen LogP contribution in [-0.2, 0) is 4.74 Å². The monoisotopic (exact) mass is 184 g/mol. The molecule has 2 unspecified atom stereocenters. The van der Waals surface area contributed by atoms with E-state index < -0.39 is 0 Å². The highest BCUT2D eigenvalue weighted by Crippen LogP contribution is 2.56. The first-order chi connectivity index (χ1) is 5.86. The molecule has 4 nitrogen and oxygen atoms in total. The molecule has 0 aromatic carbocycles. The predicted molar refractivity (Wildman–Crippen MR) is 42.2 cm³/mol. The van der Waals surface area contributed by atoms with Crippen LogP contribution in [0.4, 0.5) is 0 Å². The highest BCUT2D eigenvalue weighted by Gasteiger charge is 2.57. The third-order valence-corrected chi connectivity index (χ3v) is 2.87. The van der Waals surface area contributed by atoms with Crippen molar-refractivity contribution in [2.75, 3.05) is 13.2 Å². The summed E-state index contributed by atoms with van der Waals surface area (Å²) in [6, 6.07) is 0. The highest BCUT2D eigenvalue weighted by atomic mass is 32.1. The number of H-pyrrole nitrogens is 1. The molecule has 2 heterocycles. The molecule has 1 aliphatic heterocycles. The zero-order valence-electron chi connectivity index (χ0n) is 6.32. The lowest BCUT2D eigenvalue weighted by atomic mass is 10.3. The maximum atomic E-state index is 5.26. The number of fused-ring (bicyclic) bond motifs is 1. The minimum atomic E-state index is 0.371. The number of aromatic nitrogens is 2. The molecule has 1 aromatic heterocycles. The Morgan fingerprint density at radius 3 is 2.75 bits per heavy atom. The van der Waals surface area contributed by atoms with Crippen LogP contribution in [0.1, 0.15) is 11.8 Å². The summed E-state index contributed by atoms with van der Waals surface area (Å²) >= 11 is 4.80. The number of nitrogens with zero attached hydrogens (tertiary/aromatic N) is 1. The van der Waals surface area contributed by atoms with Crippen LogP contribution < -0.4 is 0 Å². The maximum absolute atomic E-state index is 5.26. The van der Waals surface area contributed by atoms with Gasteiger partial charge >= 0.3 is 0 Å². The van der Waals surface area contributed by atoms with Crippen molar-refractivity contribution in [3.05, 3.63) is 10.7 Å². The Balaban J connectivity index is 1.89. The van der Waals surface area contributed by atoms with Gasteiger partial charge < -0.3 is 9.15 Å². The van der Waals surface area contributed by atoms with Gasteiger partial charge in [0.1, 0.15) is 0 Å². The first kappa shape index (κ1) is 6.80. The van der Waals surface area contributed by atoms with Gasteiger partial charge in [-0.1, -0.05) is 0 Å². The number of nitrogens with one attached hydrogen (secondary N) is 1. The van der Waals surface area contributed by atoms with E-state index in [9.17, 15) is 0 Å². The molecule has 5 heteroatoms. The molecule has 1 aliphatic carbocycles. The van der Waals surface area contributed by atoms with Crippen molar-refractivity contribution in [1.82, 2.24) is 10.2 Å². The van der Waals surface area contributed by atoms with Gasteiger partial charge in [0.2, 0.25) is 5.89 Å². The number of aromatic amines is 1. The fraction of sp³-hybridized carbons (Fsp3) is 0.714. The molecule has 64 valence electrons. The lowest BCUT2D eigenvalue weighted by Gasteiger charge is -1.97. The van der Waals surface area contributed by atoms with Crippen molar-refractivity contribution < 1.29 is 9.15 Å². The second-order valence-electron chi connectivity index (χ2n) is 3.34. The molecule has 12 heavy (non-hydrogen) atoms. The Labute approximate surface area is 73.9 Å². The van der Waals surface area contributed by atoms with E-state index in [1.807, 2.05) is 0 Å². The molecule has 0 amide bonds. The summed E-state index contributed by atoms with van der Waals surface area (Å²) in [5, 5.41) is 6.65. The molecule has 2 aliphatic rings. The quantitative estimate of drug-likeness (QED) is 0.664. The average Bonchev–Trinajstić information content (AvgIpc) is 2.55. The van der Waals surface area contributed by atoms with Crippen LogP contribution in [0.15, 0.2) is 4.42 Å². The van der Waals surface area contributed by atoms with Crippen molar-refractivity contribution in [3.63, 3.8) is 0 Å². The Kier molecular flexibility index (Phi) is 1.23. The second kappa shape index (κ2) is 2.17. The van der Waals surface area contributed by atoms with Crippen LogP contribution >= 0.6 is 12.2 Å². The van der Waals surface area contributed by atoms with Gasteiger partial charge in [-0.25, -0.2) is 5.10 Å². The Bertz CT molecular complexity index is 348. The zero-order chi connectivity index (χ0) is 8.13. The minimum absolute atomic E-state index is 0.371. The van der Waals surface area contributed by atoms with Gasteiger partial charge in [-0.3, -0.25) is 0 Å². The van der Waals surface area contributed by atoms with Crippen molar-refractivity contribution in [2.24, 2.45) is 11.8 Å². The maximum Gasteiger partial charge on any atom is 0.284 e. The third-order valence-electron chi connectivity index (χ3n) is 2.69. The predicted octanol–water partition coefficient (Wildman–Crippen LogP) is 1.09. The average molecular weight is 184 g/mol. The van der Waals surface area contributed by atoms with Gasteiger partial charge in [-0.2, -0.15) is 0 Å². The van der Waals surface area contributed by atoms with Gasteiger partial charge in [0.05, 0.1) is 13.2 Å². The number of hydrogen-bond acceptors (Lipinski definition) is 4. The fourth-order valence-electron chi connectivity index (χ4n) is 1.99. The first-order valence-corrected chi connectivity index (χ1v) is 4.40. The summed E-state index contributed by atoms with van der Waals surface area (Å²) in [7, 11) is 0. The summed E-state index contributed by atoms with van der Waals surface area (Å²) in [6.07, 6.45) is 0. The van der Waals surface area contributed by atoms with Crippen LogP contribution in [0.5, 0.6) is 0 Å². The largest absolute Gasteiger partial charge is 0.414 e. The molecule has 1 N–H and O–H groups in total. The van der Waals surface area contributed by atoms with Crippen LogP contribution in [0, 0.1) is 16.7 Å². The summed E-state index contributed by atoms with van der Waals surface area (Å²) in [5.41, 5.74) is 0. The minimum Gasteiger partial charge on any atom is -0.414 e. The highest BCUT2D eigenvalue weighted by molar-refractivity contribution is 7.71. The Morgan fingerprint density at radius 2 is 2.17 bits per heavy atom. The van der Waals surface area contributed by atoms with Gasteiger partial charge in [0.25, 0.3) is 4.84 Å². The topological polar surface area (TPSA) is 51.0 Å².